The minimum atomic E-state index is -1.15. The Morgan fingerprint density at radius 1 is 0.970 bits per heavy atom. The van der Waals surface area contributed by atoms with Crippen LogP contribution in [-0.2, 0) is 49.8 Å². The summed E-state index contributed by atoms with van der Waals surface area (Å²) in [6, 6.07) is 16.8. The van der Waals surface area contributed by atoms with E-state index in [0.29, 0.717) is 51.0 Å². The number of carbonyl (C=O) groups excluding carboxylic acids is 5. The predicted octanol–water partition coefficient (Wildman–Crippen LogP) is 5.82. The van der Waals surface area contributed by atoms with Gasteiger partial charge in [0.25, 0.3) is 5.91 Å². The SMILES string of the molecule is C=CC(=O)N1CCN(C(=O)N(C)[C@H](C(=O)N[C@H]2Cc3cc(O)cc(c3)-c3ccc4c(c3)c(c(-c3ccccc3CN(C)C)n4CC)CC(C)(C)COC(=O)[C@@H]3CCCN(N3)C2=O)C(C)C)CC1. The minimum absolute atomic E-state index is 0.00172. The van der Waals surface area contributed by atoms with E-state index in [1.165, 1.54) is 21.5 Å². The summed E-state index contributed by atoms with van der Waals surface area (Å²) < 4.78 is 8.50. The summed E-state index contributed by atoms with van der Waals surface area (Å²) in [6.45, 7) is 16.8. The molecule has 0 radical (unpaired) electrons. The van der Waals surface area contributed by atoms with E-state index in [1.807, 2.05) is 19.9 Å². The number of phenols is 1. The molecule has 0 aliphatic carbocycles. The van der Waals surface area contributed by atoms with Crippen molar-refractivity contribution in [1.82, 2.24) is 39.9 Å². The molecule has 4 heterocycles. The lowest BCUT2D eigenvalue weighted by Crippen LogP contribution is -2.63. The number of hydrazine groups is 1. The van der Waals surface area contributed by atoms with Gasteiger partial charge in [0.2, 0.25) is 11.8 Å². The number of benzene rings is 3. The molecule has 7 rings (SSSR count). The van der Waals surface area contributed by atoms with Crippen molar-refractivity contribution in [2.75, 3.05) is 60.5 Å². The molecule has 1 aromatic heterocycles. The van der Waals surface area contributed by atoms with Gasteiger partial charge < -0.3 is 39.3 Å². The van der Waals surface area contributed by atoms with Crippen LogP contribution in [0.15, 0.2) is 73.3 Å². The second kappa shape index (κ2) is 20.4. The highest BCUT2D eigenvalue weighted by atomic mass is 16.5. The quantitative estimate of drug-likeness (QED) is 0.139. The van der Waals surface area contributed by atoms with E-state index in [-0.39, 0.29) is 43.2 Å². The van der Waals surface area contributed by atoms with Gasteiger partial charge in [-0.3, -0.25) is 24.2 Å². The number of amides is 5. The Morgan fingerprint density at radius 2 is 1.69 bits per heavy atom. The second-order valence-corrected chi connectivity index (χ2v) is 19.7. The largest absolute Gasteiger partial charge is 0.508 e. The average Bonchev–Trinajstić information content (AvgIpc) is 3.60. The van der Waals surface area contributed by atoms with Crippen LogP contribution in [0.4, 0.5) is 4.79 Å². The van der Waals surface area contributed by atoms with E-state index in [4.69, 9.17) is 4.74 Å². The maximum Gasteiger partial charge on any atom is 0.324 e. The molecule has 2 saturated heterocycles. The smallest absolute Gasteiger partial charge is 0.324 e. The summed E-state index contributed by atoms with van der Waals surface area (Å²) in [4.78, 5) is 76.2. The molecule has 3 aromatic carbocycles. The van der Waals surface area contributed by atoms with Gasteiger partial charge in [0.15, 0.2) is 0 Å². The van der Waals surface area contributed by atoms with E-state index >= 15 is 0 Å². The van der Waals surface area contributed by atoms with Crippen LogP contribution >= 0.6 is 0 Å². The zero-order valence-electron chi connectivity index (χ0n) is 40.4. The maximum atomic E-state index is 14.7. The molecule has 3 N–H and O–H groups in total. The number of aromatic hydroxyl groups is 1. The van der Waals surface area contributed by atoms with Crippen molar-refractivity contribution >= 4 is 40.6 Å². The second-order valence-electron chi connectivity index (χ2n) is 19.7. The van der Waals surface area contributed by atoms with Gasteiger partial charge in [-0.25, -0.2) is 10.2 Å². The van der Waals surface area contributed by atoms with Gasteiger partial charge in [-0.1, -0.05) is 70.7 Å². The number of aromatic nitrogens is 1. The van der Waals surface area contributed by atoms with Crippen LogP contribution in [0.3, 0.4) is 0 Å². The number of hydrogen-bond acceptors (Lipinski definition) is 9. The lowest BCUT2D eigenvalue weighted by molar-refractivity contribution is -0.155. The summed E-state index contributed by atoms with van der Waals surface area (Å²) in [7, 11) is 5.71. The lowest BCUT2D eigenvalue weighted by Gasteiger charge is -2.39. The van der Waals surface area contributed by atoms with E-state index < -0.39 is 41.3 Å². The fourth-order valence-corrected chi connectivity index (χ4v) is 10.0. The molecule has 67 heavy (non-hydrogen) atoms. The monoisotopic (exact) mass is 917 g/mol. The van der Waals surface area contributed by atoms with Crippen molar-refractivity contribution in [3.05, 3.63) is 90.0 Å². The molecule has 358 valence electrons. The number of hydrogen-bond donors (Lipinski definition) is 3. The Labute approximate surface area is 394 Å². The molecule has 0 unspecified atom stereocenters. The van der Waals surface area contributed by atoms with Crippen LogP contribution in [-0.4, -0.2) is 143 Å². The number of carbonyl (C=O) groups is 5. The zero-order chi connectivity index (χ0) is 48.3. The third kappa shape index (κ3) is 10.7. The summed E-state index contributed by atoms with van der Waals surface area (Å²) in [5, 5.41) is 16.8. The molecule has 6 bridgehead atoms. The van der Waals surface area contributed by atoms with Crippen molar-refractivity contribution in [2.24, 2.45) is 11.3 Å². The van der Waals surface area contributed by atoms with E-state index in [1.54, 1.807) is 29.0 Å². The molecule has 5 amide bonds. The van der Waals surface area contributed by atoms with Gasteiger partial charge in [-0.15, -0.1) is 0 Å². The maximum absolute atomic E-state index is 14.7. The first-order valence-electron chi connectivity index (χ1n) is 23.6. The van der Waals surface area contributed by atoms with Gasteiger partial charge in [0.1, 0.15) is 23.9 Å². The molecule has 15 heteroatoms. The van der Waals surface area contributed by atoms with Gasteiger partial charge >= 0.3 is 12.0 Å². The molecule has 4 aromatic rings. The van der Waals surface area contributed by atoms with Crippen LogP contribution in [0.25, 0.3) is 33.3 Å². The number of nitrogens with one attached hydrogen (secondary N) is 2. The molecule has 15 nitrogen and oxygen atoms in total. The number of piperazine rings is 1. The number of likely N-dealkylation sites (N-methyl/N-ethyl adjacent to an activating group) is 1. The molecule has 3 atom stereocenters. The topological polar surface area (TPSA) is 160 Å². The fourth-order valence-electron chi connectivity index (χ4n) is 10.0. The van der Waals surface area contributed by atoms with E-state index in [0.717, 1.165) is 51.9 Å². The van der Waals surface area contributed by atoms with E-state index in [9.17, 15) is 29.1 Å². The van der Waals surface area contributed by atoms with E-state index in [2.05, 4.69) is 104 Å². The number of fused-ring (bicyclic) bond motifs is 6. The Balaban J connectivity index is 1.29. The van der Waals surface area contributed by atoms with Crippen LogP contribution in [0, 0.1) is 11.3 Å². The van der Waals surface area contributed by atoms with Gasteiger partial charge in [0, 0.05) is 81.2 Å². The fraction of sp³-hybridized carbons (Fsp3) is 0.481. The van der Waals surface area contributed by atoms with Crippen LogP contribution < -0.4 is 10.7 Å². The number of rotatable bonds is 9. The summed E-state index contributed by atoms with van der Waals surface area (Å²) in [5.41, 5.74) is 10.5. The lowest BCUT2D eigenvalue weighted by atomic mass is 9.84. The van der Waals surface area contributed by atoms with Crippen LogP contribution in [0.1, 0.15) is 64.2 Å². The highest BCUT2D eigenvalue weighted by molar-refractivity contribution is 5.96. The average molecular weight is 917 g/mol. The predicted molar refractivity (Wildman–Crippen MR) is 260 cm³/mol. The highest BCUT2D eigenvalue weighted by Crippen LogP contribution is 2.41. The molecule has 3 aliphatic rings. The van der Waals surface area contributed by atoms with Crippen molar-refractivity contribution < 1.29 is 33.8 Å². The third-order valence-corrected chi connectivity index (χ3v) is 13.3. The Morgan fingerprint density at radius 3 is 2.37 bits per heavy atom. The van der Waals surface area contributed by atoms with Crippen molar-refractivity contribution in [1.29, 1.82) is 0 Å². The first kappa shape index (κ1) is 48.7. The number of nitrogens with zero attached hydrogens (tertiary/aromatic N) is 6. The molecule has 0 saturated carbocycles. The molecular weight excluding hydrogens is 849 g/mol. The normalized spacial score (nSPS) is 19.5. The number of urea groups is 1. The van der Waals surface area contributed by atoms with Gasteiger partial charge in [-0.05, 0) is 104 Å². The van der Waals surface area contributed by atoms with Crippen LogP contribution in [0.5, 0.6) is 5.75 Å². The van der Waals surface area contributed by atoms with Crippen molar-refractivity contribution in [3.63, 3.8) is 0 Å². The summed E-state index contributed by atoms with van der Waals surface area (Å²) >= 11 is 0. The molecule has 2 fully saturated rings. The first-order valence-corrected chi connectivity index (χ1v) is 23.6. The van der Waals surface area contributed by atoms with Crippen molar-refractivity contribution in [2.45, 2.75) is 91.5 Å². The standard InChI is InChI=1S/C52H68N8O7/c1-10-45(62)57-21-23-58(24-22-57)51(66)56(9)46(33(3)4)48(63)53-43-27-34-25-37(28-38(61)26-34)35-18-19-44-40(29-35)41(47(59(44)11-2)39-16-13-12-15-36(39)31-55(7)8)30-52(5,6)32-67-50(65)42-17-14-20-60(54-42)49(43)64/h10,12-13,15-16,18-19,25-26,28-29,33,42-43,46,54,61H,1,11,14,17,20-24,27,30-32H2,2-9H3,(H,53,63)/t42-,43-,46-/m0/s1. The molecular formula is C52H68N8O7. The number of cyclic esters (lactones) is 1. The van der Waals surface area contributed by atoms with Gasteiger partial charge in [0.05, 0.1) is 12.3 Å². The Kier molecular flexibility index (Phi) is 14.8. The molecule has 3 aliphatic heterocycles. The van der Waals surface area contributed by atoms with Gasteiger partial charge in [-0.2, -0.15) is 0 Å². The zero-order valence-corrected chi connectivity index (χ0v) is 40.4. The van der Waals surface area contributed by atoms with Crippen LogP contribution in [0.2, 0.25) is 0 Å². The number of aryl methyl sites for hydroxylation is 1. The number of esters is 1. The Hall–Kier alpha value is -6.19. The first-order chi connectivity index (χ1) is 31.9. The highest BCUT2D eigenvalue weighted by Gasteiger charge is 2.39. The summed E-state index contributed by atoms with van der Waals surface area (Å²) in [6.07, 6.45) is 2.82. The minimum Gasteiger partial charge on any atom is -0.508 e. The summed E-state index contributed by atoms with van der Waals surface area (Å²) in [5.74, 6) is -2.00. The van der Waals surface area contributed by atoms with Crippen molar-refractivity contribution in [3.8, 4) is 28.1 Å². The Bertz CT molecular complexity index is 2520. The number of ether oxygens (including phenoxy) is 1. The number of phenolic OH excluding ortho intramolecular Hbond substituents is 1. The third-order valence-electron chi connectivity index (χ3n) is 13.3. The molecule has 0 spiro atoms.